The predicted molar refractivity (Wildman–Crippen MR) is 105 cm³/mol. The van der Waals surface area contributed by atoms with Crippen LogP contribution >= 0.6 is 11.6 Å². The first-order valence-electron chi connectivity index (χ1n) is 8.69. The lowest BCUT2D eigenvalue weighted by Crippen LogP contribution is -2.18. The zero-order chi connectivity index (χ0) is 21.2. The fourth-order valence-electron chi connectivity index (χ4n) is 2.52. The van der Waals surface area contributed by atoms with Gasteiger partial charge in [0.25, 0.3) is 0 Å². The van der Waals surface area contributed by atoms with Crippen molar-refractivity contribution in [1.29, 1.82) is 0 Å². The predicted octanol–water partition coefficient (Wildman–Crippen LogP) is 4.18. The minimum absolute atomic E-state index is 0.0970. The van der Waals surface area contributed by atoms with Crippen LogP contribution in [0.3, 0.4) is 0 Å². The van der Waals surface area contributed by atoms with E-state index in [1.54, 1.807) is 23.0 Å². The van der Waals surface area contributed by atoms with Gasteiger partial charge >= 0.3 is 5.09 Å². The highest BCUT2D eigenvalue weighted by Gasteiger charge is 2.16. The Labute approximate surface area is 172 Å². The van der Waals surface area contributed by atoms with E-state index in [-0.39, 0.29) is 11.7 Å². The molecule has 0 spiro atoms. The molecule has 9 heteroatoms. The number of hydrogen-bond acceptors (Lipinski definition) is 4. The number of aromatic nitrogens is 2. The van der Waals surface area contributed by atoms with Crippen LogP contribution in [0.1, 0.15) is 22.8 Å². The van der Waals surface area contributed by atoms with Crippen LogP contribution in [0.5, 0.6) is 5.75 Å². The minimum Gasteiger partial charge on any atom is -0.489 e. The molecule has 3 rings (SSSR count). The second-order valence-corrected chi connectivity index (χ2v) is 6.62. The maximum atomic E-state index is 12.5. The van der Waals surface area contributed by atoms with Gasteiger partial charge in [-0.3, -0.25) is 9.48 Å². The molecule has 2 aromatic carbocycles. The molecule has 3 aromatic rings. The van der Waals surface area contributed by atoms with Crippen LogP contribution in [0.25, 0.3) is 0 Å². The van der Waals surface area contributed by atoms with Crippen LogP contribution in [-0.2, 0) is 13.2 Å². The molecule has 0 bridgehead atoms. The van der Waals surface area contributed by atoms with E-state index in [2.05, 4.69) is 5.10 Å². The van der Waals surface area contributed by atoms with E-state index in [4.69, 9.17) is 31.7 Å². The summed E-state index contributed by atoms with van der Waals surface area (Å²) in [4.78, 5) is 21.0. The molecule has 152 valence electrons. The molecule has 0 fully saturated rings. The first-order chi connectivity index (χ1) is 13.8. The van der Waals surface area contributed by atoms with Crippen molar-refractivity contribution in [1.82, 2.24) is 9.78 Å². The molecular weight excluding hydrogens is 398 g/mol. The Morgan fingerprint density at radius 3 is 2.34 bits per heavy atom. The number of halogens is 1. The number of carbonyl (C=O) groups excluding carboxylic acids is 1. The molecule has 1 aromatic heterocycles. The molecule has 0 amide bonds. The highest BCUT2D eigenvalue weighted by atomic mass is 35.5. The lowest BCUT2D eigenvalue weighted by Gasteiger charge is -2.11. The van der Waals surface area contributed by atoms with Gasteiger partial charge in [0.05, 0.1) is 6.54 Å². The average Bonchev–Trinajstić information content (AvgIpc) is 3.20. The SMILES string of the molecule is CC(Cn1cccn1)C(=O)c1ccc(OCc2ccc(Cl)cc2)cc1.O=[N+](O)O. The van der Waals surface area contributed by atoms with E-state index < -0.39 is 5.09 Å². The molecule has 0 aliphatic heterocycles. The second-order valence-electron chi connectivity index (χ2n) is 6.19. The van der Waals surface area contributed by atoms with Gasteiger partial charge in [0.2, 0.25) is 0 Å². The van der Waals surface area contributed by atoms with Crippen LogP contribution in [0.4, 0.5) is 0 Å². The van der Waals surface area contributed by atoms with E-state index in [9.17, 15) is 4.79 Å². The van der Waals surface area contributed by atoms with Crippen molar-refractivity contribution in [2.24, 2.45) is 5.92 Å². The summed E-state index contributed by atoms with van der Waals surface area (Å²) in [6.45, 7) is 2.94. The lowest BCUT2D eigenvalue weighted by molar-refractivity contribution is -0.969. The normalized spacial score (nSPS) is 11.1. The van der Waals surface area contributed by atoms with Crippen LogP contribution in [0.15, 0.2) is 67.0 Å². The van der Waals surface area contributed by atoms with Crippen LogP contribution in [0, 0.1) is 10.8 Å². The van der Waals surface area contributed by atoms with E-state index in [1.807, 2.05) is 55.6 Å². The van der Waals surface area contributed by atoms with Crippen molar-refractivity contribution in [2.75, 3.05) is 0 Å². The maximum Gasteiger partial charge on any atom is 0.472 e. The summed E-state index contributed by atoms with van der Waals surface area (Å²) in [6.07, 6.45) is 3.57. The van der Waals surface area contributed by atoms with Crippen LogP contribution in [-0.4, -0.2) is 31.1 Å². The molecule has 0 radical (unpaired) electrons. The summed E-state index contributed by atoms with van der Waals surface area (Å²) in [7, 11) is 0. The smallest absolute Gasteiger partial charge is 0.472 e. The number of rotatable bonds is 7. The Kier molecular flexibility index (Phi) is 8.17. The first kappa shape index (κ1) is 21.9. The van der Waals surface area contributed by atoms with E-state index in [0.717, 1.165) is 11.3 Å². The molecule has 2 N–H and O–H groups in total. The topological polar surface area (TPSA) is 105 Å². The van der Waals surface area contributed by atoms with Gasteiger partial charge in [-0.2, -0.15) is 5.10 Å². The standard InChI is InChI=1S/C20H19ClN2O2.H2NO3/c1-15(13-23-12-2-11-22-23)20(24)17-5-9-19(10-6-17)25-14-16-3-7-18(21)8-4-16;2-1(3)4/h2-12,15H,13-14H2,1H3;(H2,2,3,4)/q;+1. The number of carbonyl (C=O) groups is 1. The fourth-order valence-corrected chi connectivity index (χ4v) is 2.65. The molecule has 8 nitrogen and oxygen atoms in total. The number of benzene rings is 2. The molecule has 0 saturated heterocycles. The fraction of sp³-hybridized carbons (Fsp3) is 0.200. The van der Waals surface area contributed by atoms with Crippen molar-refractivity contribution in [3.05, 3.63) is 88.0 Å². The Bertz CT molecular complexity index is 908. The van der Waals surface area contributed by atoms with Gasteiger partial charge in [-0.25, -0.2) is 10.4 Å². The zero-order valence-electron chi connectivity index (χ0n) is 15.7. The second kappa shape index (κ2) is 10.8. The summed E-state index contributed by atoms with van der Waals surface area (Å²) in [5, 5.41) is 17.4. The van der Waals surface area contributed by atoms with Gasteiger partial charge in [-0.15, -0.1) is 0 Å². The third kappa shape index (κ3) is 7.63. The summed E-state index contributed by atoms with van der Waals surface area (Å²) in [5.41, 5.74) is 1.72. The number of hydrogen-bond donors (Lipinski definition) is 2. The maximum absolute atomic E-state index is 12.5. The third-order valence-corrected chi connectivity index (χ3v) is 4.18. The van der Waals surface area contributed by atoms with Gasteiger partial charge in [0.15, 0.2) is 5.78 Å². The molecular formula is C20H21ClN3O5+. The monoisotopic (exact) mass is 418 g/mol. The Balaban J connectivity index is 0.000000687. The van der Waals surface area contributed by atoms with Gasteiger partial charge in [0.1, 0.15) is 17.3 Å². The van der Waals surface area contributed by atoms with Crippen molar-refractivity contribution in [2.45, 2.75) is 20.1 Å². The van der Waals surface area contributed by atoms with E-state index in [0.29, 0.717) is 23.7 Å². The molecule has 1 heterocycles. The average molecular weight is 419 g/mol. The molecule has 1 atom stereocenters. The highest BCUT2D eigenvalue weighted by molar-refractivity contribution is 6.30. The number of ether oxygens (including phenoxy) is 1. The zero-order valence-corrected chi connectivity index (χ0v) is 16.4. The van der Waals surface area contributed by atoms with Crippen LogP contribution in [0.2, 0.25) is 5.02 Å². The summed E-state index contributed by atoms with van der Waals surface area (Å²) in [6, 6.07) is 16.6. The number of ketones is 1. The van der Waals surface area contributed by atoms with Gasteiger partial charge < -0.3 is 4.74 Å². The molecule has 0 aliphatic carbocycles. The van der Waals surface area contributed by atoms with Crippen molar-refractivity contribution in [3.8, 4) is 5.75 Å². The minimum atomic E-state index is -1.25. The van der Waals surface area contributed by atoms with E-state index in [1.165, 1.54) is 0 Å². The first-order valence-corrected chi connectivity index (χ1v) is 9.07. The van der Waals surface area contributed by atoms with Gasteiger partial charge in [-0.1, -0.05) is 30.7 Å². The Morgan fingerprint density at radius 1 is 1.17 bits per heavy atom. The highest BCUT2D eigenvalue weighted by Crippen LogP contribution is 2.18. The lowest BCUT2D eigenvalue weighted by atomic mass is 9.99. The quantitative estimate of drug-likeness (QED) is 0.440. The Morgan fingerprint density at radius 2 is 1.79 bits per heavy atom. The summed E-state index contributed by atoms with van der Waals surface area (Å²) in [5.74, 6) is 0.687. The molecule has 0 aliphatic rings. The van der Waals surface area contributed by atoms with Gasteiger partial charge in [0, 0.05) is 28.9 Å². The number of Topliss-reactive ketones (excluding diaryl/α,β-unsaturated/α-hetero) is 1. The van der Waals surface area contributed by atoms with Gasteiger partial charge in [-0.05, 0) is 48.0 Å². The van der Waals surface area contributed by atoms with E-state index >= 15 is 0 Å². The Hall–Kier alpha value is -3.39. The van der Waals surface area contributed by atoms with Crippen molar-refractivity contribution < 1.29 is 25.0 Å². The molecule has 29 heavy (non-hydrogen) atoms. The van der Waals surface area contributed by atoms with Crippen LogP contribution < -0.4 is 4.74 Å². The summed E-state index contributed by atoms with van der Waals surface area (Å²) >= 11 is 5.87. The molecule has 0 saturated carbocycles. The van der Waals surface area contributed by atoms with Crippen molar-refractivity contribution >= 4 is 17.4 Å². The number of nitrogens with zero attached hydrogens (tertiary/aromatic N) is 3. The largest absolute Gasteiger partial charge is 0.489 e. The molecule has 1 unspecified atom stereocenters. The summed E-state index contributed by atoms with van der Waals surface area (Å²) < 4.78 is 7.51. The van der Waals surface area contributed by atoms with Crippen molar-refractivity contribution in [3.63, 3.8) is 0 Å². The third-order valence-electron chi connectivity index (χ3n) is 3.93.